The van der Waals surface area contributed by atoms with Gasteiger partial charge in [0.15, 0.2) is 0 Å². The topological polar surface area (TPSA) is 12.9 Å². The van der Waals surface area contributed by atoms with E-state index in [1.807, 2.05) is 12.4 Å². The van der Waals surface area contributed by atoms with Crippen LogP contribution >= 0.6 is 0 Å². The molecule has 8 aromatic rings. The fraction of sp³-hybridized carbons (Fsp3) is 0. The zero-order valence-electron chi connectivity index (χ0n) is 21.9. The minimum absolute atomic E-state index is 1.17. The SMILES string of the molecule is c1ccc(-c2ccc(-c3c4ccccc4c(-c4cccc5ccccc45)c4ccncc34)c3ccccc23)cc1. The van der Waals surface area contributed by atoms with Crippen molar-refractivity contribution in [1.82, 2.24) is 4.98 Å². The lowest BCUT2D eigenvalue weighted by molar-refractivity contribution is 1.37. The highest BCUT2D eigenvalue weighted by Crippen LogP contribution is 2.47. The van der Waals surface area contributed by atoms with Crippen molar-refractivity contribution in [3.63, 3.8) is 0 Å². The fourth-order valence-corrected chi connectivity index (χ4v) is 6.43. The van der Waals surface area contributed by atoms with Gasteiger partial charge in [-0.25, -0.2) is 0 Å². The number of pyridine rings is 1. The average Bonchev–Trinajstić information content (AvgIpc) is 3.03. The molecule has 0 aliphatic rings. The van der Waals surface area contributed by atoms with Crippen molar-refractivity contribution >= 4 is 43.1 Å². The Bertz CT molecular complexity index is 2150. The van der Waals surface area contributed by atoms with Gasteiger partial charge in [0.1, 0.15) is 0 Å². The summed E-state index contributed by atoms with van der Waals surface area (Å²) in [6.45, 7) is 0. The molecule has 0 N–H and O–H groups in total. The quantitative estimate of drug-likeness (QED) is 0.217. The summed E-state index contributed by atoms with van der Waals surface area (Å²) < 4.78 is 0. The molecule has 1 heteroatoms. The molecule has 0 amide bonds. The predicted molar refractivity (Wildman–Crippen MR) is 171 cm³/mol. The van der Waals surface area contributed by atoms with Gasteiger partial charge in [-0.15, -0.1) is 0 Å². The summed E-state index contributed by atoms with van der Waals surface area (Å²) in [6, 6.07) is 50.4. The third-order valence-corrected chi connectivity index (χ3v) is 8.16. The van der Waals surface area contributed by atoms with Crippen molar-refractivity contribution in [2.75, 3.05) is 0 Å². The Balaban J connectivity index is 1.51. The van der Waals surface area contributed by atoms with Crippen LogP contribution in [0.3, 0.4) is 0 Å². The Labute approximate surface area is 233 Å². The van der Waals surface area contributed by atoms with E-state index in [0.29, 0.717) is 0 Å². The standard InChI is InChI=1S/C39H25N/c1-2-11-26(12-3-1)29-21-22-35(31-17-7-6-16-30(29)31)39-34-19-9-8-18-33(34)38(36-23-24-40-25-37(36)39)32-20-10-14-27-13-4-5-15-28(27)32/h1-25H. The lowest BCUT2D eigenvalue weighted by atomic mass is 9.83. The third kappa shape index (κ3) is 3.45. The first kappa shape index (κ1) is 22.7. The fourth-order valence-electron chi connectivity index (χ4n) is 6.43. The first-order valence-electron chi connectivity index (χ1n) is 13.7. The molecule has 1 nitrogen and oxygen atoms in total. The smallest absolute Gasteiger partial charge is 0.0353 e. The predicted octanol–water partition coefficient (Wildman–Crippen LogP) is 10.7. The van der Waals surface area contributed by atoms with Gasteiger partial charge in [0.2, 0.25) is 0 Å². The molecule has 0 aliphatic heterocycles. The van der Waals surface area contributed by atoms with Crippen molar-refractivity contribution in [3.05, 3.63) is 152 Å². The highest BCUT2D eigenvalue weighted by Gasteiger charge is 2.19. The van der Waals surface area contributed by atoms with Crippen molar-refractivity contribution in [2.45, 2.75) is 0 Å². The molecule has 8 rings (SSSR count). The molecule has 0 aliphatic carbocycles. The van der Waals surface area contributed by atoms with E-state index in [-0.39, 0.29) is 0 Å². The van der Waals surface area contributed by atoms with Crippen molar-refractivity contribution in [3.8, 4) is 33.4 Å². The summed E-state index contributed by atoms with van der Waals surface area (Å²) in [4.78, 5) is 4.65. The maximum Gasteiger partial charge on any atom is 0.0353 e. The number of aromatic nitrogens is 1. The van der Waals surface area contributed by atoms with Crippen molar-refractivity contribution in [1.29, 1.82) is 0 Å². The molecule has 40 heavy (non-hydrogen) atoms. The van der Waals surface area contributed by atoms with Crippen LogP contribution in [0.1, 0.15) is 0 Å². The second-order valence-corrected chi connectivity index (χ2v) is 10.3. The van der Waals surface area contributed by atoms with Gasteiger partial charge in [0.25, 0.3) is 0 Å². The third-order valence-electron chi connectivity index (χ3n) is 8.16. The molecular weight excluding hydrogens is 482 g/mol. The van der Waals surface area contributed by atoms with Crippen LogP contribution in [0.15, 0.2) is 152 Å². The minimum atomic E-state index is 1.17. The molecule has 7 aromatic carbocycles. The Hall–Kier alpha value is -5.27. The van der Waals surface area contributed by atoms with E-state index >= 15 is 0 Å². The molecule has 0 saturated carbocycles. The molecule has 0 saturated heterocycles. The zero-order chi connectivity index (χ0) is 26.5. The normalized spacial score (nSPS) is 11.5. The molecule has 0 radical (unpaired) electrons. The average molecular weight is 508 g/mol. The molecule has 1 aromatic heterocycles. The number of hydrogen-bond donors (Lipinski definition) is 0. The van der Waals surface area contributed by atoms with Crippen LogP contribution in [-0.4, -0.2) is 4.98 Å². The largest absolute Gasteiger partial charge is 0.264 e. The van der Waals surface area contributed by atoms with E-state index in [1.165, 1.54) is 76.5 Å². The van der Waals surface area contributed by atoms with Crippen LogP contribution in [0, 0.1) is 0 Å². The second kappa shape index (κ2) is 9.18. The Morgan fingerprint density at radius 2 is 0.850 bits per heavy atom. The first-order valence-corrected chi connectivity index (χ1v) is 13.7. The summed E-state index contributed by atoms with van der Waals surface area (Å²) in [6.07, 6.45) is 3.97. The monoisotopic (exact) mass is 507 g/mol. The van der Waals surface area contributed by atoms with Crippen LogP contribution in [0.4, 0.5) is 0 Å². The summed E-state index contributed by atoms with van der Waals surface area (Å²) >= 11 is 0. The van der Waals surface area contributed by atoms with Gasteiger partial charge in [-0.1, -0.05) is 133 Å². The van der Waals surface area contributed by atoms with Crippen LogP contribution in [0.2, 0.25) is 0 Å². The number of nitrogens with zero attached hydrogens (tertiary/aromatic N) is 1. The van der Waals surface area contributed by atoms with E-state index in [1.54, 1.807) is 0 Å². The molecule has 0 spiro atoms. The Morgan fingerprint density at radius 1 is 0.325 bits per heavy atom. The minimum Gasteiger partial charge on any atom is -0.264 e. The lowest BCUT2D eigenvalue weighted by Crippen LogP contribution is -1.93. The second-order valence-electron chi connectivity index (χ2n) is 10.3. The van der Waals surface area contributed by atoms with Crippen molar-refractivity contribution < 1.29 is 0 Å². The molecule has 0 fully saturated rings. The van der Waals surface area contributed by atoms with Gasteiger partial charge in [0, 0.05) is 17.8 Å². The molecule has 186 valence electrons. The summed E-state index contributed by atoms with van der Waals surface area (Å²) in [5.74, 6) is 0. The summed E-state index contributed by atoms with van der Waals surface area (Å²) in [5, 5.41) is 9.89. The van der Waals surface area contributed by atoms with Crippen LogP contribution in [0.25, 0.3) is 76.5 Å². The van der Waals surface area contributed by atoms with E-state index in [4.69, 9.17) is 0 Å². The summed E-state index contributed by atoms with van der Waals surface area (Å²) in [5.41, 5.74) is 7.46. The molecule has 0 atom stereocenters. The van der Waals surface area contributed by atoms with Crippen molar-refractivity contribution in [2.24, 2.45) is 0 Å². The molecule has 0 unspecified atom stereocenters. The molecule has 1 heterocycles. The maximum atomic E-state index is 4.65. The van der Waals surface area contributed by atoms with Gasteiger partial charge < -0.3 is 0 Å². The molecule has 0 bridgehead atoms. The summed E-state index contributed by atoms with van der Waals surface area (Å²) in [7, 11) is 0. The van der Waals surface area contributed by atoms with Crippen LogP contribution < -0.4 is 0 Å². The lowest BCUT2D eigenvalue weighted by Gasteiger charge is -2.20. The van der Waals surface area contributed by atoms with Crippen LogP contribution in [-0.2, 0) is 0 Å². The van der Waals surface area contributed by atoms with Gasteiger partial charge in [-0.2, -0.15) is 0 Å². The highest BCUT2D eigenvalue weighted by atomic mass is 14.6. The first-order chi connectivity index (χ1) is 19.9. The van der Waals surface area contributed by atoms with Gasteiger partial charge >= 0.3 is 0 Å². The Morgan fingerprint density at radius 3 is 1.62 bits per heavy atom. The number of fused-ring (bicyclic) bond motifs is 4. The zero-order valence-corrected chi connectivity index (χ0v) is 21.9. The van der Waals surface area contributed by atoms with Crippen LogP contribution in [0.5, 0.6) is 0 Å². The Kier molecular flexibility index (Phi) is 5.21. The highest BCUT2D eigenvalue weighted by molar-refractivity contribution is 6.25. The van der Waals surface area contributed by atoms with Gasteiger partial charge in [-0.3, -0.25) is 4.98 Å². The van der Waals surface area contributed by atoms with E-state index in [0.717, 1.165) is 0 Å². The van der Waals surface area contributed by atoms with Gasteiger partial charge in [-0.05, 0) is 77.2 Å². The maximum absolute atomic E-state index is 4.65. The van der Waals surface area contributed by atoms with Gasteiger partial charge in [0.05, 0.1) is 0 Å². The molecular formula is C39H25N. The van der Waals surface area contributed by atoms with E-state index in [9.17, 15) is 0 Å². The number of rotatable bonds is 3. The van der Waals surface area contributed by atoms with E-state index in [2.05, 4.69) is 145 Å². The number of benzene rings is 7. The van der Waals surface area contributed by atoms with E-state index < -0.39 is 0 Å². The number of hydrogen-bond acceptors (Lipinski definition) is 1.